The van der Waals surface area contributed by atoms with E-state index >= 15 is 0 Å². The zero-order valence-electron chi connectivity index (χ0n) is 16.0. The Morgan fingerprint density at radius 1 is 0.808 bits per heavy atom. The fraction of sp³-hybridized carbons (Fsp3) is 0.944. The number of unbranched alkanes of at least 4 members (excludes halogenated alkanes) is 8. The van der Waals surface area contributed by atoms with E-state index in [9.17, 15) is 15.0 Å². The Labute approximate surface area is 156 Å². The molecule has 0 fully saturated rings. The Bertz CT molecular complexity index is 317. The van der Waals surface area contributed by atoms with Gasteiger partial charge in [-0.05, 0) is 6.42 Å². The van der Waals surface area contributed by atoms with Crippen molar-refractivity contribution in [3.63, 3.8) is 0 Å². The molecule has 2 unspecified atom stereocenters. The van der Waals surface area contributed by atoms with Gasteiger partial charge in [0, 0.05) is 6.42 Å². The van der Waals surface area contributed by atoms with E-state index in [1.807, 2.05) is 0 Å². The second-order valence-corrected chi connectivity index (χ2v) is 6.49. The summed E-state index contributed by atoms with van der Waals surface area (Å²) >= 11 is 0. The number of hydrogen-bond acceptors (Lipinski definition) is 7. The predicted octanol–water partition coefficient (Wildman–Crippen LogP) is 1.31. The van der Waals surface area contributed by atoms with Crippen molar-refractivity contribution in [2.24, 2.45) is 0 Å². The Morgan fingerprint density at radius 2 is 1.23 bits per heavy atom. The molecule has 0 rings (SSSR count). The van der Waals surface area contributed by atoms with Crippen LogP contribution in [0.4, 0.5) is 0 Å². The molecule has 0 saturated carbocycles. The molecular weight excluding hydrogens is 342 g/mol. The highest BCUT2D eigenvalue weighted by atomic mass is 17.0. The van der Waals surface area contributed by atoms with Crippen molar-refractivity contribution in [3.05, 3.63) is 0 Å². The maximum absolute atomic E-state index is 12.1. The first-order valence-electron chi connectivity index (χ1n) is 9.71. The summed E-state index contributed by atoms with van der Waals surface area (Å²) in [7, 11) is 0. The van der Waals surface area contributed by atoms with Gasteiger partial charge in [-0.25, -0.2) is 9.68 Å². The minimum atomic E-state index is -1.13. The normalized spacial score (nSPS) is 13.6. The van der Waals surface area contributed by atoms with Crippen molar-refractivity contribution < 1.29 is 34.9 Å². The molecule has 0 aromatic rings. The van der Waals surface area contributed by atoms with E-state index in [1.54, 1.807) is 0 Å². The average Bonchev–Trinajstić information content (AvgIpc) is 2.65. The van der Waals surface area contributed by atoms with Crippen LogP contribution in [0.2, 0.25) is 0 Å². The lowest BCUT2D eigenvalue weighted by atomic mass is 10.1. The summed E-state index contributed by atoms with van der Waals surface area (Å²) in [6.07, 6.45) is 8.15. The quantitative estimate of drug-likeness (QED) is 0.209. The minimum absolute atomic E-state index is 0.222. The van der Waals surface area contributed by atoms with Gasteiger partial charge >= 0.3 is 0 Å². The van der Waals surface area contributed by atoms with Gasteiger partial charge in [0.05, 0.1) is 13.2 Å². The van der Waals surface area contributed by atoms with Gasteiger partial charge in [0.1, 0.15) is 25.4 Å². The first-order valence-corrected chi connectivity index (χ1v) is 9.71. The first kappa shape index (κ1) is 25.2. The van der Waals surface area contributed by atoms with E-state index < -0.39 is 31.3 Å². The maximum Gasteiger partial charge on any atom is 0.273 e. The molecule has 0 aliphatic heterocycles. The van der Waals surface area contributed by atoms with E-state index in [0.717, 1.165) is 12.8 Å². The van der Waals surface area contributed by atoms with Crippen LogP contribution in [-0.4, -0.2) is 70.2 Å². The van der Waals surface area contributed by atoms with Crippen LogP contribution in [0, 0.1) is 0 Å². The Balaban J connectivity index is 3.99. The van der Waals surface area contributed by atoms with Gasteiger partial charge < -0.3 is 20.4 Å². The summed E-state index contributed by atoms with van der Waals surface area (Å²) in [6.45, 7) is 0.576. The number of aliphatic hydroxyl groups is 4. The van der Waals surface area contributed by atoms with Crippen molar-refractivity contribution in [1.82, 2.24) is 5.23 Å². The zero-order valence-corrected chi connectivity index (χ0v) is 16.0. The number of amides is 1. The molecule has 0 radical (unpaired) electrons. The Morgan fingerprint density at radius 3 is 1.65 bits per heavy atom. The number of hydrogen-bond donors (Lipinski definition) is 4. The molecule has 0 aromatic carbocycles. The van der Waals surface area contributed by atoms with Crippen LogP contribution >= 0.6 is 0 Å². The molecule has 2 atom stereocenters. The third-order valence-electron chi connectivity index (χ3n) is 3.89. The van der Waals surface area contributed by atoms with Crippen molar-refractivity contribution >= 4 is 5.91 Å². The maximum atomic E-state index is 12.1. The van der Waals surface area contributed by atoms with Crippen LogP contribution in [0.1, 0.15) is 71.1 Å². The molecule has 1 amide bonds. The zero-order chi connectivity index (χ0) is 19.6. The number of nitrogens with zero attached hydrogens (tertiary/aromatic N) is 1. The molecular formula is C18H37NO7. The van der Waals surface area contributed by atoms with Crippen molar-refractivity contribution in [2.75, 3.05) is 26.4 Å². The third-order valence-corrected chi connectivity index (χ3v) is 3.89. The summed E-state index contributed by atoms with van der Waals surface area (Å²) in [4.78, 5) is 22.2. The highest BCUT2D eigenvalue weighted by molar-refractivity contribution is 5.73. The van der Waals surface area contributed by atoms with Crippen molar-refractivity contribution in [1.29, 1.82) is 0 Å². The lowest BCUT2D eigenvalue weighted by Crippen LogP contribution is -2.37. The second-order valence-electron chi connectivity index (χ2n) is 6.49. The summed E-state index contributed by atoms with van der Waals surface area (Å²) in [5, 5.41) is 36.8. The highest BCUT2D eigenvalue weighted by Crippen LogP contribution is 2.11. The van der Waals surface area contributed by atoms with Crippen LogP contribution in [-0.2, 0) is 14.5 Å². The van der Waals surface area contributed by atoms with E-state index in [1.165, 1.54) is 38.5 Å². The van der Waals surface area contributed by atoms with Gasteiger partial charge in [-0.3, -0.25) is 4.79 Å². The molecule has 0 saturated heterocycles. The monoisotopic (exact) mass is 379 g/mol. The van der Waals surface area contributed by atoms with Crippen LogP contribution < -0.4 is 0 Å². The first-order chi connectivity index (χ1) is 12.5. The molecule has 8 nitrogen and oxygen atoms in total. The third kappa shape index (κ3) is 14.4. The van der Waals surface area contributed by atoms with Gasteiger partial charge in [-0.1, -0.05) is 63.5 Å². The molecule has 0 spiro atoms. The smallest absolute Gasteiger partial charge is 0.273 e. The van der Waals surface area contributed by atoms with E-state index in [4.69, 9.17) is 19.9 Å². The van der Waals surface area contributed by atoms with E-state index in [2.05, 4.69) is 6.92 Å². The van der Waals surface area contributed by atoms with Crippen LogP contribution in [0.5, 0.6) is 0 Å². The van der Waals surface area contributed by atoms with Gasteiger partial charge in [0.2, 0.25) is 0 Å². The van der Waals surface area contributed by atoms with E-state index in [0.29, 0.717) is 11.6 Å². The molecule has 0 aliphatic carbocycles. The predicted molar refractivity (Wildman–Crippen MR) is 96.8 cm³/mol. The molecule has 156 valence electrons. The fourth-order valence-corrected chi connectivity index (χ4v) is 2.27. The number of aliphatic hydroxyl groups excluding tert-OH is 4. The van der Waals surface area contributed by atoms with Gasteiger partial charge in [0.15, 0.2) is 0 Å². The lowest BCUT2D eigenvalue weighted by molar-refractivity contribution is -0.353. The largest absolute Gasteiger partial charge is 0.394 e. The van der Waals surface area contributed by atoms with Crippen molar-refractivity contribution in [3.8, 4) is 0 Å². The SMILES string of the molecule is CCCCCCCCCCCC(=O)N(OCC(O)CO)OCC(O)CO. The molecule has 8 heteroatoms. The van der Waals surface area contributed by atoms with Crippen LogP contribution in [0.15, 0.2) is 0 Å². The molecule has 0 aromatic heterocycles. The summed E-state index contributed by atoms with van der Waals surface area (Å²) < 4.78 is 0. The molecule has 26 heavy (non-hydrogen) atoms. The average molecular weight is 379 g/mol. The molecule has 0 bridgehead atoms. The number of carbonyl (C=O) groups excluding carboxylic acids is 1. The van der Waals surface area contributed by atoms with Gasteiger partial charge in [-0.2, -0.15) is 0 Å². The van der Waals surface area contributed by atoms with Gasteiger partial charge in [0.25, 0.3) is 5.91 Å². The topological polar surface area (TPSA) is 120 Å². The summed E-state index contributed by atoms with van der Waals surface area (Å²) in [5.41, 5.74) is 0. The lowest BCUT2D eigenvalue weighted by Gasteiger charge is -2.22. The Hall–Kier alpha value is -0.770. The highest BCUT2D eigenvalue weighted by Gasteiger charge is 2.18. The Kier molecular flexibility index (Phi) is 17.1. The minimum Gasteiger partial charge on any atom is -0.394 e. The number of rotatable bonds is 18. The van der Waals surface area contributed by atoms with Crippen LogP contribution in [0.25, 0.3) is 0 Å². The number of hydroxylamine groups is 2. The van der Waals surface area contributed by atoms with Crippen LogP contribution in [0.3, 0.4) is 0 Å². The summed E-state index contributed by atoms with van der Waals surface area (Å²) in [5.74, 6) is -0.428. The molecule has 4 N–H and O–H groups in total. The molecule has 0 heterocycles. The van der Waals surface area contributed by atoms with E-state index in [-0.39, 0.29) is 19.6 Å². The van der Waals surface area contributed by atoms with Crippen molar-refractivity contribution in [2.45, 2.75) is 83.3 Å². The second kappa shape index (κ2) is 17.6. The number of carbonyl (C=O) groups is 1. The van der Waals surface area contributed by atoms with Gasteiger partial charge in [-0.15, -0.1) is 0 Å². The standard InChI is InChI=1S/C18H37NO7/c1-2-3-4-5-6-7-8-9-10-11-18(24)19(25-14-16(22)12-20)26-15-17(23)13-21/h16-17,20-23H,2-15H2,1H3. The summed E-state index contributed by atoms with van der Waals surface area (Å²) in [6, 6.07) is 0. The molecule has 0 aliphatic rings. The fourth-order valence-electron chi connectivity index (χ4n) is 2.27.